The average molecular weight is 306 g/mol. The van der Waals surface area contributed by atoms with Crippen LogP contribution in [0, 0.1) is 5.92 Å². The summed E-state index contributed by atoms with van der Waals surface area (Å²) in [6.07, 6.45) is 6.10. The Morgan fingerprint density at radius 2 is 2.05 bits per heavy atom. The predicted octanol–water partition coefficient (Wildman–Crippen LogP) is 4.66. The average Bonchev–Trinajstić information content (AvgIpc) is 3.00. The molecule has 0 radical (unpaired) electrons. The third kappa shape index (κ3) is 3.05. The fourth-order valence-corrected chi connectivity index (χ4v) is 3.14. The summed E-state index contributed by atoms with van der Waals surface area (Å²) in [6.45, 7) is 2.27. The maximum absolute atomic E-state index is 5.93. The second-order valence-electron chi connectivity index (χ2n) is 5.82. The molecule has 0 bridgehead atoms. The maximum Gasteiger partial charge on any atom is 0.258 e. The molecule has 3 rings (SSSR count). The normalized spacial score (nSPS) is 22.4. The zero-order valence-corrected chi connectivity index (χ0v) is 12.9. The van der Waals surface area contributed by atoms with Gasteiger partial charge in [0.2, 0.25) is 0 Å². The molecule has 0 atom stereocenters. The van der Waals surface area contributed by atoms with E-state index in [0.717, 1.165) is 30.1 Å². The zero-order chi connectivity index (χ0) is 14.8. The quantitative estimate of drug-likeness (QED) is 0.838. The lowest BCUT2D eigenvalue weighted by atomic mass is 9.80. The standard InChI is InChI=1S/C16H20ClN3O/c1-2-10-3-5-11(6-4-10)15-19-16(21-20-15)12-7-8-13(17)14(18)9-12/h7-11H,2-6,18H2,1H3. The second kappa shape index (κ2) is 6.06. The van der Waals surface area contributed by atoms with Crippen molar-refractivity contribution in [2.75, 3.05) is 5.73 Å². The molecule has 5 heteroatoms. The predicted molar refractivity (Wildman–Crippen MR) is 84.1 cm³/mol. The summed E-state index contributed by atoms with van der Waals surface area (Å²) in [4.78, 5) is 4.55. The van der Waals surface area contributed by atoms with Crippen LogP contribution in [0.1, 0.15) is 50.8 Å². The Kier molecular flexibility index (Phi) is 4.15. The molecule has 2 aromatic rings. The van der Waals surface area contributed by atoms with Crippen molar-refractivity contribution in [2.45, 2.75) is 44.9 Å². The van der Waals surface area contributed by atoms with E-state index in [1.54, 1.807) is 12.1 Å². The van der Waals surface area contributed by atoms with Crippen molar-refractivity contribution in [1.29, 1.82) is 0 Å². The Morgan fingerprint density at radius 3 is 2.71 bits per heavy atom. The second-order valence-corrected chi connectivity index (χ2v) is 6.23. The molecule has 0 unspecified atom stereocenters. The van der Waals surface area contributed by atoms with Crippen molar-refractivity contribution in [3.8, 4) is 11.5 Å². The minimum Gasteiger partial charge on any atom is -0.398 e. The van der Waals surface area contributed by atoms with E-state index in [9.17, 15) is 0 Å². The fourth-order valence-electron chi connectivity index (χ4n) is 3.02. The molecule has 4 nitrogen and oxygen atoms in total. The molecule has 1 aromatic heterocycles. The monoisotopic (exact) mass is 305 g/mol. The highest BCUT2D eigenvalue weighted by atomic mass is 35.5. The molecule has 1 heterocycles. The summed E-state index contributed by atoms with van der Waals surface area (Å²) in [5.41, 5.74) is 7.16. The number of anilines is 1. The molecule has 21 heavy (non-hydrogen) atoms. The Bertz CT molecular complexity index is 618. The van der Waals surface area contributed by atoms with Gasteiger partial charge in [0.1, 0.15) is 0 Å². The van der Waals surface area contributed by atoms with Gasteiger partial charge in [-0.25, -0.2) is 0 Å². The van der Waals surface area contributed by atoms with Gasteiger partial charge in [0, 0.05) is 11.5 Å². The van der Waals surface area contributed by atoms with Gasteiger partial charge in [0.25, 0.3) is 5.89 Å². The lowest BCUT2D eigenvalue weighted by Crippen LogP contribution is -2.13. The molecule has 1 aliphatic carbocycles. The van der Waals surface area contributed by atoms with Gasteiger partial charge in [0.05, 0.1) is 10.7 Å². The largest absolute Gasteiger partial charge is 0.398 e. The molecule has 2 N–H and O–H groups in total. The summed E-state index contributed by atoms with van der Waals surface area (Å²) >= 11 is 5.93. The molecule has 1 saturated carbocycles. The Morgan fingerprint density at radius 1 is 1.29 bits per heavy atom. The molecule has 1 aliphatic rings. The van der Waals surface area contributed by atoms with Crippen LogP contribution in [0.15, 0.2) is 22.7 Å². The van der Waals surface area contributed by atoms with Gasteiger partial charge in [-0.1, -0.05) is 30.1 Å². The number of hydrogen-bond donors (Lipinski definition) is 1. The third-order valence-corrected chi connectivity index (χ3v) is 4.82. The van der Waals surface area contributed by atoms with Crippen LogP contribution in [0.25, 0.3) is 11.5 Å². The van der Waals surface area contributed by atoms with E-state index in [2.05, 4.69) is 17.1 Å². The SMILES string of the molecule is CCC1CCC(c2noc(-c3ccc(Cl)c(N)c3)n2)CC1. The van der Waals surface area contributed by atoms with Crippen molar-refractivity contribution in [3.63, 3.8) is 0 Å². The summed E-state index contributed by atoms with van der Waals surface area (Å²) in [5.74, 6) is 2.64. The number of hydrogen-bond acceptors (Lipinski definition) is 4. The van der Waals surface area contributed by atoms with Crippen LogP contribution >= 0.6 is 11.6 Å². The lowest BCUT2D eigenvalue weighted by Gasteiger charge is -2.25. The topological polar surface area (TPSA) is 64.9 Å². The first-order chi connectivity index (χ1) is 10.2. The first-order valence-corrected chi connectivity index (χ1v) is 7.94. The molecular formula is C16H20ClN3O. The van der Waals surface area contributed by atoms with E-state index < -0.39 is 0 Å². The Hall–Kier alpha value is -1.55. The van der Waals surface area contributed by atoms with Crippen molar-refractivity contribution < 1.29 is 4.52 Å². The number of benzene rings is 1. The van der Waals surface area contributed by atoms with Crippen LogP contribution in [0.2, 0.25) is 5.02 Å². The van der Waals surface area contributed by atoms with Crippen LogP contribution in [0.4, 0.5) is 5.69 Å². The Balaban J connectivity index is 1.76. The van der Waals surface area contributed by atoms with E-state index in [1.807, 2.05) is 6.07 Å². The zero-order valence-electron chi connectivity index (χ0n) is 12.2. The van der Waals surface area contributed by atoms with Gasteiger partial charge in [-0.15, -0.1) is 0 Å². The Labute approximate surface area is 129 Å². The van der Waals surface area contributed by atoms with Gasteiger partial charge >= 0.3 is 0 Å². The van der Waals surface area contributed by atoms with E-state index in [-0.39, 0.29) is 0 Å². The molecule has 1 fully saturated rings. The lowest BCUT2D eigenvalue weighted by molar-refractivity contribution is 0.305. The van der Waals surface area contributed by atoms with Gasteiger partial charge in [-0.3, -0.25) is 0 Å². The number of nitrogens with zero attached hydrogens (tertiary/aromatic N) is 2. The van der Waals surface area contributed by atoms with Crippen molar-refractivity contribution in [1.82, 2.24) is 10.1 Å². The summed E-state index contributed by atoms with van der Waals surface area (Å²) in [7, 11) is 0. The van der Waals surface area contributed by atoms with Crippen LogP contribution in [-0.4, -0.2) is 10.1 Å². The van der Waals surface area contributed by atoms with E-state index in [0.29, 0.717) is 22.5 Å². The first-order valence-electron chi connectivity index (χ1n) is 7.56. The summed E-state index contributed by atoms with van der Waals surface area (Å²) in [6, 6.07) is 5.38. The van der Waals surface area contributed by atoms with E-state index in [4.69, 9.17) is 21.9 Å². The molecule has 0 amide bonds. The van der Waals surface area contributed by atoms with Crippen LogP contribution in [0.5, 0.6) is 0 Å². The van der Waals surface area contributed by atoms with Crippen LogP contribution in [-0.2, 0) is 0 Å². The summed E-state index contributed by atoms with van der Waals surface area (Å²) < 4.78 is 5.39. The minimum atomic E-state index is 0.426. The van der Waals surface area contributed by atoms with Gasteiger partial charge < -0.3 is 10.3 Å². The number of nitrogen functional groups attached to an aromatic ring is 1. The number of nitrogens with two attached hydrogens (primary N) is 1. The fraction of sp³-hybridized carbons (Fsp3) is 0.500. The number of halogens is 1. The van der Waals surface area contributed by atoms with Crippen LogP contribution in [0.3, 0.4) is 0 Å². The molecule has 0 spiro atoms. The highest BCUT2D eigenvalue weighted by Gasteiger charge is 2.25. The van der Waals surface area contributed by atoms with Crippen LogP contribution < -0.4 is 5.73 Å². The molecule has 112 valence electrons. The first kappa shape index (κ1) is 14.4. The molecule has 0 saturated heterocycles. The highest BCUT2D eigenvalue weighted by molar-refractivity contribution is 6.33. The molecule has 1 aromatic carbocycles. The maximum atomic E-state index is 5.93. The van der Waals surface area contributed by atoms with Crippen molar-refractivity contribution in [3.05, 3.63) is 29.0 Å². The molecular weight excluding hydrogens is 286 g/mol. The van der Waals surface area contributed by atoms with E-state index in [1.165, 1.54) is 19.3 Å². The molecule has 0 aliphatic heterocycles. The number of rotatable bonds is 3. The highest BCUT2D eigenvalue weighted by Crippen LogP contribution is 2.36. The van der Waals surface area contributed by atoms with Crippen molar-refractivity contribution >= 4 is 17.3 Å². The van der Waals surface area contributed by atoms with Gasteiger partial charge in [-0.05, 0) is 49.8 Å². The van der Waals surface area contributed by atoms with Gasteiger partial charge in [-0.2, -0.15) is 4.98 Å². The summed E-state index contributed by atoms with van der Waals surface area (Å²) in [5, 5.41) is 4.70. The van der Waals surface area contributed by atoms with Crippen molar-refractivity contribution in [2.24, 2.45) is 5.92 Å². The minimum absolute atomic E-state index is 0.426. The smallest absolute Gasteiger partial charge is 0.258 e. The number of aromatic nitrogens is 2. The third-order valence-electron chi connectivity index (χ3n) is 4.47. The van der Waals surface area contributed by atoms with Gasteiger partial charge in [0.15, 0.2) is 5.82 Å². The van der Waals surface area contributed by atoms with E-state index >= 15 is 0 Å².